The van der Waals surface area contributed by atoms with Crippen molar-refractivity contribution >= 4 is 22.8 Å². The highest BCUT2D eigenvalue weighted by molar-refractivity contribution is 8.15. The third-order valence-corrected chi connectivity index (χ3v) is 4.43. The van der Waals surface area contributed by atoms with Crippen molar-refractivity contribution in [3.05, 3.63) is 35.6 Å². The molecule has 1 saturated heterocycles. The minimum atomic E-state index is -1.63. The average Bonchev–Trinajstić information content (AvgIpc) is 2.70. The zero-order valence-electron chi connectivity index (χ0n) is 11.5. The molecule has 6 heteroatoms. The predicted octanol–water partition coefficient (Wildman–Crippen LogP) is 3.22. The third kappa shape index (κ3) is 3.17. The molecule has 2 rings (SSSR count). The number of rotatable bonds is 3. The molecule has 108 valence electrons. The lowest BCUT2D eigenvalue weighted by Gasteiger charge is -2.17. The number of benzene rings is 1. The van der Waals surface area contributed by atoms with Crippen molar-refractivity contribution in [1.29, 1.82) is 0 Å². The molecule has 1 fully saturated rings. The number of carbonyl (C=O) groups is 1. The van der Waals surface area contributed by atoms with Crippen molar-refractivity contribution in [2.24, 2.45) is 4.99 Å². The first-order valence-corrected chi connectivity index (χ1v) is 7.15. The van der Waals surface area contributed by atoms with Crippen LogP contribution in [-0.2, 0) is 4.79 Å². The maximum Gasteiger partial charge on any atom is 0.242 e. The van der Waals surface area contributed by atoms with Gasteiger partial charge in [-0.3, -0.25) is 9.79 Å². The van der Waals surface area contributed by atoms with Gasteiger partial charge in [0.05, 0.1) is 6.04 Å². The highest BCUT2D eigenvalue weighted by Crippen LogP contribution is 2.33. The van der Waals surface area contributed by atoms with E-state index in [0.717, 1.165) is 11.8 Å². The number of carbonyl (C=O) groups excluding carboxylic acids is 1. The second-order valence-corrected chi connectivity index (χ2v) is 6.28. The van der Waals surface area contributed by atoms with Crippen molar-refractivity contribution in [3.8, 4) is 0 Å². The van der Waals surface area contributed by atoms with Gasteiger partial charge in [0.15, 0.2) is 5.17 Å². The molecule has 20 heavy (non-hydrogen) atoms. The van der Waals surface area contributed by atoms with Gasteiger partial charge in [-0.2, -0.15) is 0 Å². The van der Waals surface area contributed by atoms with Crippen LogP contribution < -0.4 is 5.32 Å². The van der Waals surface area contributed by atoms with E-state index >= 15 is 0 Å². The molecular weight excluding hydrogens is 282 g/mol. The van der Waals surface area contributed by atoms with E-state index in [1.165, 1.54) is 19.9 Å². The summed E-state index contributed by atoms with van der Waals surface area (Å²) in [6, 6.07) is 5.89. The first-order chi connectivity index (χ1) is 9.29. The Kier molecular flexibility index (Phi) is 4.13. The van der Waals surface area contributed by atoms with E-state index in [9.17, 15) is 13.6 Å². The quantitative estimate of drug-likeness (QED) is 0.931. The number of thioether (sulfide) groups is 1. The van der Waals surface area contributed by atoms with Gasteiger partial charge in [0.1, 0.15) is 16.7 Å². The van der Waals surface area contributed by atoms with E-state index in [1.807, 2.05) is 0 Å². The molecule has 1 N–H and O–H groups in total. The number of nitrogens with one attached hydrogen (secondary N) is 1. The summed E-state index contributed by atoms with van der Waals surface area (Å²) in [5, 5.41) is 2.05. The van der Waals surface area contributed by atoms with Gasteiger partial charge >= 0.3 is 0 Å². The Morgan fingerprint density at radius 3 is 2.60 bits per heavy atom. The van der Waals surface area contributed by atoms with Gasteiger partial charge in [-0.05, 0) is 26.8 Å². The Hall–Kier alpha value is -1.43. The van der Waals surface area contributed by atoms with Gasteiger partial charge in [-0.25, -0.2) is 8.78 Å². The van der Waals surface area contributed by atoms with Crippen molar-refractivity contribution in [2.75, 3.05) is 0 Å². The number of halogens is 2. The molecule has 3 nitrogen and oxygen atoms in total. The third-order valence-electron chi connectivity index (χ3n) is 2.99. The standard InChI is InChI=1S/C14H16F2N2OS/c1-8(9-6-4-5-7-10(9)15)17-13-18-12(19)11(20-13)14(2,3)16/h4-8,11H,1-3H3,(H,17,18,19)/t8-,11?/m0/s1. The number of hydrogen-bond acceptors (Lipinski definition) is 3. The van der Waals surface area contributed by atoms with E-state index < -0.39 is 22.9 Å². The van der Waals surface area contributed by atoms with Crippen LogP contribution >= 0.6 is 11.8 Å². The Bertz CT molecular complexity index is 554. The molecule has 0 bridgehead atoms. The molecule has 0 radical (unpaired) electrons. The second-order valence-electron chi connectivity index (χ2n) is 5.18. The highest BCUT2D eigenvalue weighted by atomic mass is 32.2. The van der Waals surface area contributed by atoms with Crippen LogP contribution in [0.5, 0.6) is 0 Å². The molecule has 1 heterocycles. The molecule has 0 aliphatic carbocycles. The minimum absolute atomic E-state index is 0.335. The van der Waals surface area contributed by atoms with Gasteiger partial charge in [-0.15, -0.1) is 0 Å². The molecule has 0 spiro atoms. The van der Waals surface area contributed by atoms with Gasteiger partial charge in [0, 0.05) is 5.56 Å². The Morgan fingerprint density at radius 1 is 1.40 bits per heavy atom. The van der Waals surface area contributed by atoms with Gasteiger partial charge < -0.3 is 5.32 Å². The Labute approximate surface area is 120 Å². The normalized spacial score (nSPS) is 22.9. The number of amidine groups is 1. The van der Waals surface area contributed by atoms with Crippen LogP contribution in [0.3, 0.4) is 0 Å². The van der Waals surface area contributed by atoms with Crippen LogP contribution in [0, 0.1) is 5.82 Å². The summed E-state index contributed by atoms with van der Waals surface area (Å²) < 4.78 is 27.5. The fourth-order valence-corrected chi connectivity index (χ4v) is 2.99. The molecule has 0 saturated carbocycles. The van der Waals surface area contributed by atoms with Crippen molar-refractivity contribution in [3.63, 3.8) is 0 Å². The van der Waals surface area contributed by atoms with Crippen LogP contribution in [0.15, 0.2) is 29.3 Å². The Morgan fingerprint density at radius 2 is 2.05 bits per heavy atom. The van der Waals surface area contributed by atoms with E-state index in [-0.39, 0.29) is 5.82 Å². The maximum absolute atomic E-state index is 13.8. The highest BCUT2D eigenvalue weighted by Gasteiger charge is 2.42. The average molecular weight is 298 g/mol. The van der Waals surface area contributed by atoms with Crippen LogP contribution in [-0.4, -0.2) is 22.0 Å². The predicted molar refractivity (Wildman–Crippen MR) is 77.0 cm³/mol. The summed E-state index contributed by atoms with van der Waals surface area (Å²) in [7, 11) is 0. The van der Waals surface area contributed by atoms with E-state index in [0.29, 0.717) is 10.7 Å². The molecule has 1 aliphatic rings. The summed E-state index contributed by atoms with van der Waals surface area (Å²) >= 11 is 1.05. The zero-order valence-corrected chi connectivity index (χ0v) is 12.3. The van der Waals surface area contributed by atoms with E-state index in [1.54, 1.807) is 25.1 Å². The summed E-state index contributed by atoms with van der Waals surface area (Å²) in [4.78, 5) is 16.0. The summed E-state index contributed by atoms with van der Waals surface area (Å²) in [6.07, 6.45) is 0. The molecule has 1 aromatic carbocycles. The largest absolute Gasteiger partial charge is 0.304 e. The lowest BCUT2D eigenvalue weighted by Crippen LogP contribution is -2.36. The fraction of sp³-hybridized carbons (Fsp3) is 0.429. The molecular formula is C14H16F2N2OS. The minimum Gasteiger partial charge on any atom is -0.304 e. The van der Waals surface area contributed by atoms with Gasteiger partial charge in [0.2, 0.25) is 5.91 Å². The number of amides is 1. The molecule has 1 amide bonds. The first-order valence-electron chi connectivity index (χ1n) is 6.27. The van der Waals surface area contributed by atoms with Gasteiger partial charge in [-0.1, -0.05) is 30.0 Å². The molecule has 2 atom stereocenters. The lowest BCUT2D eigenvalue weighted by atomic mass is 10.1. The fourth-order valence-electron chi connectivity index (χ4n) is 1.94. The van der Waals surface area contributed by atoms with Crippen LogP contribution in [0.25, 0.3) is 0 Å². The number of aliphatic imine (C=N–C) groups is 1. The lowest BCUT2D eigenvalue weighted by molar-refractivity contribution is -0.120. The monoisotopic (exact) mass is 298 g/mol. The second kappa shape index (κ2) is 5.52. The van der Waals surface area contributed by atoms with Crippen molar-refractivity contribution in [1.82, 2.24) is 5.32 Å². The van der Waals surface area contributed by atoms with Crippen LogP contribution in [0.1, 0.15) is 32.4 Å². The number of alkyl halides is 1. The summed E-state index contributed by atoms with van der Waals surface area (Å²) in [6.45, 7) is 4.44. The number of hydrogen-bond donors (Lipinski definition) is 1. The van der Waals surface area contributed by atoms with Crippen LogP contribution in [0.4, 0.5) is 8.78 Å². The summed E-state index contributed by atoms with van der Waals surface area (Å²) in [5.74, 6) is -0.747. The number of nitrogens with zero attached hydrogens (tertiary/aromatic N) is 1. The SMILES string of the molecule is C[C@H](N=C1NC(=O)C(C(C)(C)F)S1)c1ccccc1F. The van der Waals surface area contributed by atoms with Crippen LogP contribution in [0.2, 0.25) is 0 Å². The van der Waals surface area contributed by atoms with Crippen molar-refractivity contribution in [2.45, 2.75) is 37.7 Å². The van der Waals surface area contributed by atoms with Gasteiger partial charge in [0.25, 0.3) is 0 Å². The Balaban J connectivity index is 2.17. The van der Waals surface area contributed by atoms with E-state index in [4.69, 9.17) is 0 Å². The topological polar surface area (TPSA) is 41.5 Å². The molecule has 0 aromatic heterocycles. The smallest absolute Gasteiger partial charge is 0.242 e. The first kappa shape index (κ1) is 15.0. The van der Waals surface area contributed by atoms with Crippen molar-refractivity contribution < 1.29 is 13.6 Å². The van der Waals surface area contributed by atoms with E-state index in [2.05, 4.69) is 10.3 Å². The zero-order chi connectivity index (χ0) is 14.9. The molecule has 1 aromatic rings. The maximum atomic E-state index is 13.8. The molecule has 1 aliphatic heterocycles. The molecule has 1 unspecified atom stereocenters. The summed E-state index contributed by atoms with van der Waals surface area (Å²) in [5.41, 5.74) is -1.19.